The molecule has 5 nitrogen and oxygen atoms in total. The minimum absolute atomic E-state index is 0.119. The number of nitrogens with zero attached hydrogens (tertiary/aromatic N) is 2. The van der Waals surface area contributed by atoms with E-state index in [1.807, 2.05) is 0 Å². The van der Waals surface area contributed by atoms with Gasteiger partial charge in [0, 0.05) is 22.0 Å². The summed E-state index contributed by atoms with van der Waals surface area (Å²) in [7, 11) is 0. The molecule has 0 radical (unpaired) electrons. The number of aromatic amines is 1. The predicted octanol–water partition coefficient (Wildman–Crippen LogP) is 5.75. The standard InChI is InChI=1S/C26H26ClF2N3O2S/c1-15(2)16-11-21(35-14-16)25(8-9-25)23-30-20-7-4-10-32(13-19(20)22(33)31-23)24(34)26(28,29)17-5-3-6-18(27)12-17/h3,5-6,11-12,14-15H,4,7-10,13H2,1-2H3,(H,30,31,33). The van der Waals surface area contributed by atoms with Crippen LogP contribution in [0, 0.1) is 0 Å². The molecule has 1 aromatic carbocycles. The van der Waals surface area contributed by atoms with Crippen molar-refractivity contribution in [3.63, 3.8) is 0 Å². The van der Waals surface area contributed by atoms with Crippen molar-refractivity contribution in [3.05, 3.63) is 84.2 Å². The topological polar surface area (TPSA) is 66.1 Å². The molecule has 3 heterocycles. The summed E-state index contributed by atoms with van der Waals surface area (Å²) in [6.07, 6.45) is 2.72. The number of hydrogen-bond acceptors (Lipinski definition) is 4. The fourth-order valence-corrected chi connectivity index (χ4v) is 6.18. The number of benzene rings is 1. The summed E-state index contributed by atoms with van der Waals surface area (Å²) >= 11 is 7.55. The number of thiophene rings is 1. The SMILES string of the molecule is CC(C)c1csc(C2(c3nc4c(c(=O)[nH]3)CN(C(=O)C(F)(F)c3cccc(Cl)c3)CCC4)CC2)c1. The van der Waals surface area contributed by atoms with Crippen LogP contribution in [0.5, 0.6) is 0 Å². The van der Waals surface area contributed by atoms with Gasteiger partial charge in [0.25, 0.3) is 11.5 Å². The molecule has 1 amide bonds. The van der Waals surface area contributed by atoms with Gasteiger partial charge in [0.15, 0.2) is 0 Å². The average molecular weight is 518 g/mol. The number of hydrogen-bond donors (Lipinski definition) is 1. The van der Waals surface area contributed by atoms with Crippen molar-refractivity contribution in [1.82, 2.24) is 14.9 Å². The van der Waals surface area contributed by atoms with E-state index in [0.717, 1.165) is 23.8 Å². The molecule has 0 atom stereocenters. The Kier molecular flexibility index (Phi) is 6.08. The highest BCUT2D eigenvalue weighted by Gasteiger charge is 2.50. The Morgan fingerprint density at radius 1 is 1.29 bits per heavy atom. The minimum Gasteiger partial charge on any atom is -0.333 e. The van der Waals surface area contributed by atoms with Crippen molar-refractivity contribution in [3.8, 4) is 0 Å². The molecular formula is C26H26ClF2N3O2S. The lowest BCUT2D eigenvalue weighted by atomic mass is 9.99. The van der Waals surface area contributed by atoms with Crippen molar-refractivity contribution in [2.24, 2.45) is 0 Å². The number of H-pyrrole nitrogens is 1. The molecule has 2 aliphatic rings. The Bertz CT molecular complexity index is 1350. The smallest absolute Gasteiger partial charge is 0.333 e. The third kappa shape index (κ3) is 4.31. The van der Waals surface area contributed by atoms with Crippen LogP contribution in [0.2, 0.25) is 5.02 Å². The van der Waals surface area contributed by atoms with Gasteiger partial charge in [-0.05, 0) is 60.7 Å². The zero-order valence-electron chi connectivity index (χ0n) is 19.5. The molecule has 1 aliphatic heterocycles. The molecule has 184 valence electrons. The molecule has 0 bridgehead atoms. The fourth-order valence-electron chi connectivity index (χ4n) is 4.66. The van der Waals surface area contributed by atoms with Gasteiger partial charge in [-0.3, -0.25) is 9.59 Å². The highest BCUT2D eigenvalue weighted by Crippen LogP contribution is 2.54. The van der Waals surface area contributed by atoms with Crippen LogP contribution in [0.25, 0.3) is 0 Å². The number of halogens is 3. The number of carbonyl (C=O) groups excluding carboxylic acids is 1. The van der Waals surface area contributed by atoms with Crippen molar-refractivity contribution < 1.29 is 13.6 Å². The van der Waals surface area contributed by atoms with Crippen LogP contribution in [0.1, 0.15) is 72.1 Å². The number of aromatic nitrogens is 2. The van der Waals surface area contributed by atoms with Crippen molar-refractivity contribution >= 4 is 28.8 Å². The summed E-state index contributed by atoms with van der Waals surface area (Å²) in [5.41, 5.74) is 1.04. The van der Waals surface area contributed by atoms with E-state index in [4.69, 9.17) is 16.6 Å². The van der Waals surface area contributed by atoms with E-state index in [1.54, 1.807) is 11.3 Å². The van der Waals surface area contributed by atoms with E-state index in [0.29, 0.717) is 30.3 Å². The summed E-state index contributed by atoms with van der Waals surface area (Å²) in [5.74, 6) is -4.03. The second kappa shape index (κ2) is 8.82. The lowest BCUT2D eigenvalue weighted by Crippen LogP contribution is -2.42. The predicted molar refractivity (Wildman–Crippen MR) is 132 cm³/mol. The summed E-state index contributed by atoms with van der Waals surface area (Å²) in [4.78, 5) is 36.1. The molecule has 35 heavy (non-hydrogen) atoms. The first-order chi connectivity index (χ1) is 16.6. The lowest BCUT2D eigenvalue weighted by Gasteiger charge is -2.26. The minimum atomic E-state index is -3.75. The van der Waals surface area contributed by atoms with E-state index < -0.39 is 17.4 Å². The third-order valence-electron chi connectivity index (χ3n) is 7.00. The molecule has 0 saturated heterocycles. The molecule has 3 aromatic rings. The van der Waals surface area contributed by atoms with E-state index >= 15 is 8.78 Å². The molecule has 2 aromatic heterocycles. The number of alkyl halides is 2. The number of amides is 1. The van der Waals surface area contributed by atoms with Gasteiger partial charge in [-0.2, -0.15) is 8.78 Å². The Labute approximate surface area is 211 Å². The van der Waals surface area contributed by atoms with Crippen LogP contribution < -0.4 is 5.56 Å². The maximum atomic E-state index is 15.0. The van der Waals surface area contributed by atoms with E-state index in [1.165, 1.54) is 28.6 Å². The maximum absolute atomic E-state index is 15.0. The second-order valence-electron chi connectivity index (χ2n) is 9.74. The van der Waals surface area contributed by atoms with Crippen LogP contribution in [-0.4, -0.2) is 27.3 Å². The normalized spacial score (nSPS) is 17.3. The first-order valence-corrected chi connectivity index (χ1v) is 13.0. The molecule has 1 saturated carbocycles. The van der Waals surface area contributed by atoms with Gasteiger partial charge in [0.1, 0.15) is 5.82 Å². The Hall–Kier alpha value is -2.58. The van der Waals surface area contributed by atoms with Gasteiger partial charge in [-0.1, -0.05) is 37.6 Å². The maximum Gasteiger partial charge on any atom is 0.350 e. The van der Waals surface area contributed by atoms with Gasteiger partial charge in [-0.15, -0.1) is 11.3 Å². The monoisotopic (exact) mass is 517 g/mol. The molecule has 1 N–H and O–H groups in total. The van der Waals surface area contributed by atoms with Crippen LogP contribution in [0.4, 0.5) is 8.78 Å². The van der Waals surface area contributed by atoms with Crippen molar-refractivity contribution in [2.45, 2.75) is 63.3 Å². The largest absolute Gasteiger partial charge is 0.350 e. The number of fused-ring (bicyclic) bond motifs is 1. The lowest BCUT2D eigenvalue weighted by molar-refractivity contribution is -0.159. The highest BCUT2D eigenvalue weighted by molar-refractivity contribution is 7.10. The van der Waals surface area contributed by atoms with Crippen LogP contribution in [0.3, 0.4) is 0 Å². The molecule has 0 unspecified atom stereocenters. The summed E-state index contributed by atoms with van der Waals surface area (Å²) in [6, 6.07) is 7.34. The van der Waals surface area contributed by atoms with Gasteiger partial charge < -0.3 is 9.88 Å². The Morgan fingerprint density at radius 3 is 2.71 bits per heavy atom. The summed E-state index contributed by atoms with van der Waals surface area (Å²) in [6.45, 7) is 4.22. The van der Waals surface area contributed by atoms with Gasteiger partial charge in [0.2, 0.25) is 0 Å². The van der Waals surface area contributed by atoms with Crippen LogP contribution >= 0.6 is 22.9 Å². The zero-order valence-corrected chi connectivity index (χ0v) is 21.1. The molecule has 5 rings (SSSR count). The molecule has 0 spiro atoms. The second-order valence-corrected chi connectivity index (χ2v) is 11.1. The van der Waals surface area contributed by atoms with Gasteiger partial charge in [0.05, 0.1) is 23.2 Å². The van der Waals surface area contributed by atoms with Crippen molar-refractivity contribution in [1.29, 1.82) is 0 Å². The quantitative estimate of drug-likeness (QED) is 0.468. The summed E-state index contributed by atoms with van der Waals surface area (Å²) in [5, 5.41) is 2.29. The van der Waals surface area contributed by atoms with Crippen LogP contribution in [0.15, 0.2) is 40.5 Å². The number of nitrogens with one attached hydrogen (secondary N) is 1. The van der Waals surface area contributed by atoms with Crippen LogP contribution in [-0.2, 0) is 29.1 Å². The fraction of sp³-hybridized carbons (Fsp3) is 0.423. The summed E-state index contributed by atoms with van der Waals surface area (Å²) < 4.78 is 30.1. The van der Waals surface area contributed by atoms with E-state index in [9.17, 15) is 9.59 Å². The first-order valence-electron chi connectivity index (χ1n) is 11.8. The molecule has 1 fully saturated rings. The van der Waals surface area contributed by atoms with E-state index in [-0.39, 0.29) is 34.6 Å². The molecular weight excluding hydrogens is 492 g/mol. The first kappa shape index (κ1) is 24.1. The highest BCUT2D eigenvalue weighted by atomic mass is 35.5. The van der Waals surface area contributed by atoms with Gasteiger partial charge >= 0.3 is 5.92 Å². The molecule has 9 heteroatoms. The molecule has 1 aliphatic carbocycles. The average Bonchev–Trinajstić information content (AvgIpc) is 3.53. The Balaban J connectivity index is 1.44. The van der Waals surface area contributed by atoms with Gasteiger partial charge in [-0.25, -0.2) is 4.98 Å². The number of rotatable bonds is 5. The Morgan fingerprint density at radius 2 is 2.06 bits per heavy atom. The van der Waals surface area contributed by atoms with E-state index in [2.05, 4.69) is 30.3 Å². The zero-order chi connectivity index (χ0) is 25.0. The third-order valence-corrected chi connectivity index (χ3v) is 8.38. The number of aryl methyl sites for hydroxylation is 1. The number of carbonyl (C=O) groups is 1. The van der Waals surface area contributed by atoms with Crippen molar-refractivity contribution in [2.75, 3.05) is 6.54 Å².